The Morgan fingerprint density at radius 3 is 2.50 bits per heavy atom. The molecular formula is C16H27N3O. The first-order valence-electron chi connectivity index (χ1n) is 8.34. The average Bonchev–Trinajstić information content (AvgIpc) is 2.87. The lowest BCUT2D eigenvalue weighted by Crippen LogP contribution is -2.46. The summed E-state index contributed by atoms with van der Waals surface area (Å²) in [4.78, 5) is 5.22. The Morgan fingerprint density at radius 2 is 1.70 bits per heavy atom. The van der Waals surface area contributed by atoms with Gasteiger partial charge in [-0.05, 0) is 19.3 Å². The fourth-order valence-corrected chi connectivity index (χ4v) is 4.19. The van der Waals surface area contributed by atoms with E-state index < -0.39 is 0 Å². The molecule has 0 aromatic carbocycles. The van der Waals surface area contributed by atoms with E-state index in [0.717, 1.165) is 32.7 Å². The Bertz CT molecular complexity index is 348. The first-order valence-corrected chi connectivity index (χ1v) is 8.34. The minimum Gasteiger partial charge on any atom is -0.379 e. The molecule has 2 heterocycles. The average molecular weight is 277 g/mol. The largest absolute Gasteiger partial charge is 0.379 e. The lowest BCUT2D eigenvalue weighted by atomic mass is 9.95. The molecule has 0 radical (unpaired) electrons. The fraction of sp³-hybridized carbons (Fsp3) is 0.938. The molecule has 4 nitrogen and oxygen atoms in total. The van der Waals surface area contributed by atoms with Gasteiger partial charge in [0.1, 0.15) is 0 Å². The highest BCUT2D eigenvalue weighted by molar-refractivity contribution is 4.98. The normalized spacial score (nSPS) is 37.5. The van der Waals surface area contributed by atoms with E-state index in [-0.39, 0.29) is 5.92 Å². The molecule has 0 amide bonds. The topological polar surface area (TPSA) is 39.5 Å². The maximum atomic E-state index is 9.46. The van der Waals surface area contributed by atoms with Crippen molar-refractivity contribution in [3.63, 3.8) is 0 Å². The first kappa shape index (κ1) is 14.3. The fourth-order valence-electron chi connectivity index (χ4n) is 4.19. The summed E-state index contributed by atoms with van der Waals surface area (Å²) >= 11 is 0. The summed E-state index contributed by atoms with van der Waals surface area (Å²) in [5.74, 6) is 0.265. The number of hydrogen-bond donors (Lipinski definition) is 0. The molecule has 4 heteroatoms. The maximum Gasteiger partial charge on any atom is 0.0672 e. The van der Waals surface area contributed by atoms with E-state index in [1.165, 1.54) is 45.2 Å². The second kappa shape index (κ2) is 6.89. The van der Waals surface area contributed by atoms with Crippen LogP contribution in [0.2, 0.25) is 0 Å². The van der Waals surface area contributed by atoms with Crippen LogP contribution in [0.3, 0.4) is 0 Å². The zero-order valence-corrected chi connectivity index (χ0v) is 12.5. The number of hydrogen-bond acceptors (Lipinski definition) is 4. The zero-order chi connectivity index (χ0) is 13.8. The Morgan fingerprint density at radius 1 is 0.900 bits per heavy atom. The molecule has 0 aromatic heterocycles. The van der Waals surface area contributed by atoms with Crippen LogP contribution in [0.4, 0.5) is 0 Å². The Labute approximate surface area is 122 Å². The molecule has 0 bridgehead atoms. The van der Waals surface area contributed by atoms with Crippen molar-refractivity contribution in [3.8, 4) is 6.07 Å². The van der Waals surface area contributed by atoms with E-state index in [0.29, 0.717) is 12.1 Å². The number of rotatable bonds is 2. The summed E-state index contributed by atoms with van der Waals surface area (Å²) in [5.41, 5.74) is 0. The molecule has 0 aromatic rings. The van der Waals surface area contributed by atoms with Gasteiger partial charge < -0.3 is 4.74 Å². The van der Waals surface area contributed by atoms with Crippen LogP contribution in [-0.2, 0) is 4.74 Å². The van der Waals surface area contributed by atoms with Gasteiger partial charge in [-0.3, -0.25) is 9.80 Å². The SMILES string of the molecule is N#CC1CCCCCC1N1CCC(N2CCOCC2)C1. The predicted octanol–water partition coefficient (Wildman–Crippen LogP) is 1.87. The van der Waals surface area contributed by atoms with Gasteiger partial charge in [-0.1, -0.05) is 19.3 Å². The maximum absolute atomic E-state index is 9.46. The molecule has 3 rings (SSSR count). The summed E-state index contributed by atoms with van der Waals surface area (Å²) in [6, 6.07) is 3.81. The smallest absolute Gasteiger partial charge is 0.0672 e. The number of ether oxygens (including phenoxy) is 1. The van der Waals surface area contributed by atoms with Gasteiger partial charge in [-0.25, -0.2) is 0 Å². The summed E-state index contributed by atoms with van der Waals surface area (Å²) in [6.07, 6.45) is 7.48. The van der Waals surface area contributed by atoms with Crippen LogP contribution in [0.25, 0.3) is 0 Å². The summed E-state index contributed by atoms with van der Waals surface area (Å²) in [7, 11) is 0. The van der Waals surface area contributed by atoms with Crippen LogP contribution in [0.15, 0.2) is 0 Å². The standard InChI is InChI=1S/C16H27N3O/c17-12-14-4-2-1-3-5-16(14)19-7-6-15(13-19)18-8-10-20-11-9-18/h14-16H,1-11,13H2. The number of nitriles is 1. The minimum atomic E-state index is 0.265. The molecule has 0 spiro atoms. The van der Waals surface area contributed by atoms with Crippen molar-refractivity contribution in [2.24, 2.45) is 5.92 Å². The number of morpholine rings is 1. The van der Waals surface area contributed by atoms with E-state index in [1.54, 1.807) is 0 Å². The molecule has 112 valence electrons. The van der Waals surface area contributed by atoms with Gasteiger partial charge >= 0.3 is 0 Å². The van der Waals surface area contributed by atoms with Crippen molar-refractivity contribution in [1.82, 2.24) is 9.80 Å². The molecule has 3 aliphatic rings. The highest BCUT2D eigenvalue weighted by Gasteiger charge is 2.35. The van der Waals surface area contributed by atoms with Crippen molar-refractivity contribution in [3.05, 3.63) is 0 Å². The van der Waals surface area contributed by atoms with Crippen molar-refractivity contribution in [2.45, 2.75) is 50.6 Å². The monoisotopic (exact) mass is 277 g/mol. The minimum absolute atomic E-state index is 0.265. The summed E-state index contributed by atoms with van der Waals surface area (Å²) in [5, 5.41) is 9.46. The van der Waals surface area contributed by atoms with Crippen LogP contribution < -0.4 is 0 Å². The Balaban J connectivity index is 1.59. The second-order valence-electron chi connectivity index (χ2n) is 6.53. The van der Waals surface area contributed by atoms with Gasteiger partial charge in [0.2, 0.25) is 0 Å². The third-order valence-corrected chi connectivity index (χ3v) is 5.37. The lowest BCUT2D eigenvalue weighted by molar-refractivity contribution is 0.0170. The molecule has 3 unspecified atom stereocenters. The van der Waals surface area contributed by atoms with Crippen LogP contribution >= 0.6 is 0 Å². The van der Waals surface area contributed by atoms with E-state index >= 15 is 0 Å². The van der Waals surface area contributed by atoms with Crippen LogP contribution in [0.5, 0.6) is 0 Å². The quantitative estimate of drug-likeness (QED) is 0.722. The Kier molecular flexibility index (Phi) is 4.93. The highest BCUT2D eigenvalue weighted by atomic mass is 16.5. The molecule has 1 aliphatic carbocycles. The highest BCUT2D eigenvalue weighted by Crippen LogP contribution is 2.30. The van der Waals surface area contributed by atoms with Gasteiger partial charge in [-0.15, -0.1) is 0 Å². The van der Waals surface area contributed by atoms with Gasteiger partial charge in [0.05, 0.1) is 25.2 Å². The predicted molar refractivity (Wildman–Crippen MR) is 78.3 cm³/mol. The van der Waals surface area contributed by atoms with Crippen molar-refractivity contribution < 1.29 is 4.74 Å². The molecule has 20 heavy (non-hydrogen) atoms. The second-order valence-corrected chi connectivity index (χ2v) is 6.53. The van der Waals surface area contributed by atoms with E-state index in [1.807, 2.05) is 0 Å². The van der Waals surface area contributed by atoms with E-state index in [2.05, 4.69) is 15.9 Å². The van der Waals surface area contributed by atoms with Gasteiger partial charge in [-0.2, -0.15) is 5.26 Å². The lowest BCUT2D eigenvalue weighted by Gasteiger charge is -2.34. The first-order chi connectivity index (χ1) is 9.88. The van der Waals surface area contributed by atoms with Crippen LogP contribution in [0.1, 0.15) is 38.5 Å². The zero-order valence-electron chi connectivity index (χ0n) is 12.5. The Hall–Kier alpha value is -0.630. The summed E-state index contributed by atoms with van der Waals surface area (Å²) < 4.78 is 5.46. The third-order valence-electron chi connectivity index (χ3n) is 5.37. The molecule has 3 atom stereocenters. The molecule has 2 aliphatic heterocycles. The van der Waals surface area contributed by atoms with E-state index in [4.69, 9.17) is 4.74 Å². The molecule has 2 saturated heterocycles. The van der Waals surface area contributed by atoms with Crippen molar-refractivity contribution in [2.75, 3.05) is 39.4 Å². The molecule has 0 N–H and O–H groups in total. The molecule has 3 fully saturated rings. The third kappa shape index (κ3) is 3.16. The summed E-state index contributed by atoms with van der Waals surface area (Å²) in [6.45, 7) is 6.31. The molecule has 1 saturated carbocycles. The number of likely N-dealkylation sites (tertiary alicyclic amines) is 1. The van der Waals surface area contributed by atoms with Gasteiger partial charge in [0.15, 0.2) is 0 Å². The molecular weight excluding hydrogens is 250 g/mol. The van der Waals surface area contributed by atoms with Crippen molar-refractivity contribution >= 4 is 0 Å². The number of nitrogens with zero attached hydrogens (tertiary/aromatic N) is 3. The van der Waals surface area contributed by atoms with Gasteiger partial charge in [0.25, 0.3) is 0 Å². The van der Waals surface area contributed by atoms with E-state index in [9.17, 15) is 5.26 Å². The van der Waals surface area contributed by atoms with Crippen LogP contribution in [0, 0.1) is 17.2 Å². The van der Waals surface area contributed by atoms with Crippen molar-refractivity contribution in [1.29, 1.82) is 5.26 Å². The van der Waals surface area contributed by atoms with Crippen LogP contribution in [-0.4, -0.2) is 61.3 Å². The van der Waals surface area contributed by atoms with Gasteiger partial charge in [0, 0.05) is 38.3 Å².